The number of methoxy groups -OCH3 is 1. The Morgan fingerprint density at radius 2 is 1.64 bits per heavy atom. The van der Waals surface area contributed by atoms with Crippen molar-refractivity contribution in [2.24, 2.45) is 0 Å². The fraction of sp³-hybridized carbons (Fsp3) is 0.375. The number of rotatable bonds is 10. The first kappa shape index (κ1) is 24.2. The lowest BCUT2D eigenvalue weighted by molar-refractivity contribution is -0.142. The average Bonchev–Trinajstić information content (AvgIpc) is 3.10. The molecule has 176 valence electrons. The molecule has 0 saturated heterocycles. The van der Waals surface area contributed by atoms with Crippen LogP contribution in [0.1, 0.15) is 23.5 Å². The second-order valence-corrected chi connectivity index (χ2v) is 7.95. The van der Waals surface area contributed by atoms with Crippen molar-refractivity contribution < 1.29 is 34.1 Å². The molecule has 9 heteroatoms. The first-order valence-corrected chi connectivity index (χ1v) is 10.6. The molecule has 0 spiro atoms. The second-order valence-electron chi connectivity index (χ2n) is 7.95. The van der Waals surface area contributed by atoms with Crippen LogP contribution >= 0.6 is 0 Å². The van der Waals surface area contributed by atoms with Crippen molar-refractivity contribution in [3.05, 3.63) is 59.7 Å². The molecule has 0 fully saturated rings. The van der Waals surface area contributed by atoms with Crippen LogP contribution in [0.25, 0.3) is 11.1 Å². The molecule has 0 aromatic heterocycles. The number of aliphatic carboxylic acids is 1. The lowest BCUT2D eigenvalue weighted by atomic mass is 9.98. The van der Waals surface area contributed by atoms with E-state index in [4.69, 9.17) is 9.47 Å². The Kier molecular flexibility index (Phi) is 8.02. The molecule has 2 atom stereocenters. The Morgan fingerprint density at radius 3 is 2.18 bits per heavy atom. The minimum absolute atomic E-state index is 0.0149. The van der Waals surface area contributed by atoms with E-state index in [1.807, 2.05) is 48.5 Å². The Labute approximate surface area is 191 Å². The van der Waals surface area contributed by atoms with Crippen molar-refractivity contribution >= 4 is 18.0 Å². The zero-order valence-electron chi connectivity index (χ0n) is 18.6. The smallest absolute Gasteiger partial charge is 0.407 e. The summed E-state index contributed by atoms with van der Waals surface area (Å²) in [5.41, 5.74) is 4.24. The van der Waals surface area contributed by atoms with Gasteiger partial charge in [0, 0.05) is 26.6 Å². The van der Waals surface area contributed by atoms with Crippen molar-refractivity contribution in [1.82, 2.24) is 10.2 Å². The van der Waals surface area contributed by atoms with Gasteiger partial charge in [0.15, 0.2) is 0 Å². The molecule has 0 bridgehead atoms. The molecule has 0 radical (unpaired) electrons. The summed E-state index contributed by atoms with van der Waals surface area (Å²) in [7, 11) is 2.83. The third kappa shape index (κ3) is 5.88. The summed E-state index contributed by atoms with van der Waals surface area (Å²) in [6.07, 6.45) is -2.44. The first-order chi connectivity index (χ1) is 15.8. The van der Waals surface area contributed by atoms with Crippen LogP contribution in [0.3, 0.4) is 0 Å². The Hall–Kier alpha value is -3.43. The van der Waals surface area contributed by atoms with E-state index in [0.29, 0.717) is 0 Å². The van der Waals surface area contributed by atoms with Crippen LogP contribution in [0, 0.1) is 0 Å². The van der Waals surface area contributed by atoms with Crippen molar-refractivity contribution in [3.8, 4) is 11.1 Å². The standard InChI is InChI=1S/C24H28N2O7/c1-26(12-15(27)13-32-2)23(30)21(11-22(28)29)25-24(31)33-14-20-18-9-5-3-7-16(18)17-8-4-6-10-19(17)20/h3-10,15,20-21,27H,11-14H2,1-2H3,(H,25,31)(H,28,29). The van der Waals surface area contributed by atoms with Crippen LogP contribution in [0.2, 0.25) is 0 Å². The van der Waals surface area contributed by atoms with E-state index in [1.54, 1.807) is 0 Å². The number of carboxylic acids is 1. The molecule has 3 rings (SSSR count). The number of aliphatic hydroxyl groups is 1. The fourth-order valence-electron chi connectivity index (χ4n) is 4.07. The van der Waals surface area contributed by atoms with E-state index in [9.17, 15) is 24.6 Å². The zero-order chi connectivity index (χ0) is 24.0. The maximum Gasteiger partial charge on any atom is 0.407 e. The number of aliphatic hydroxyl groups excluding tert-OH is 1. The molecule has 2 aromatic carbocycles. The van der Waals surface area contributed by atoms with Crippen LogP contribution in [-0.2, 0) is 19.1 Å². The third-order valence-electron chi connectivity index (χ3n) is 5.53. The summed E-state index contributed by atoms with van der Waals surface area (Å²) < 4.78 is 10.3. The topological polar surface area (TPSA) is 125 Å². The molecule has 0 heterocycles. The van der Waals surface area contributed by atoms with Crippen LogP contribution in [-0.4, -0.2) is 79.1 Å². The number of carbonyl (C=O) groups is 3. The first-order valence-electron chi connectivity index (χ1n) is 10.6. The van der Waals surface area contributed by atoms with Gasteiger partial charge in [-0.05, 0) is 22.3 Å². The maximum absolute atomic E-state index is 12.7. The van der Waals surface area contributed by atoms with Crippen molar-refractivity contribution in [2.75, 3.05) is 33.9 Å². The highest BCUT2D eigenvalue weighted by Gasteiger charge is 2.31. The Bertz CT molecular complexity index is 964. The van der Waals surface area contributed by atoms with Crippen LogP contribution in [0.4, 0.5) is 4.79 Å². The van der Waals surface area contributed by atoms with E-state index in [2.05, 4.69) is 5.32 Å². The van der Waals surface area contributed by atoms with E-state index in [1.165, 1.54) is 14.2 Å². The number of hydrogen-bond donors (Lipinski definition) is 3. The number of fused-ring (bicyclic) bond motifs is 3. The van der Waals surface area contributed by atoms with Gasteiger partial charge in [-0.25, -0.2) is 4.79 Å². The van der Waals surface area contributed by atoms with Gasteiger partial charge >= 0.3 is 12.1 Å². The summed E-state index contributed by atoms with van der Waals surface area (Å²) in [6.45, 7) is -0.0214. The lowest BCUT2D eigenvalue weighted by Gasteiger charge is -2.25. The van der Waals surface area contributed by atoms with Gasteiger partial charge in [-0.2, -0.15) is 0 Å². The number of hydrogen-bond acceptors (Lipinski definition) is 6. The van der Waals surface area contributed by atoms with Gasteiger partial charge in [-0.15, -0.1) is 0 Å². The summed E-state index contributed by atoms with van der Waals surface area (Å²) >= 11 is 0. The van der Waals surface area contributed by atoms with E-state index in [-0.39, 0.29) is 25.7 Å². The summed E-state index contributed by atoms with van der Waals surface area (Å²) in [6, 6.07) is 14.4. The fourth-order valence-corrected chi connectivity index (χ4v) is 4.07. The Morgan fingerprint density at radius 1 is 1.06 bits per heavy atom. The molecule has 2 unspecified atom stereocenters. The average molecular weight is 456 g/mol. The van der Waals surface area contributed by atoms with Crippen molar-refractivity contribution in [1.29, 1.82) is 0 Å². The second kappa shape index (κ2) is 10.9. The largest absolute Gasteiger partial charge is 0.481 e. The predicted molar refractivity (Wildman–Crippen MR) is 120 cm³/mol. The maximum atomic E-state index is 12.7. The molecule has 1 aliphatic carbocycles. The van der Waals surface area contributed by atoms with Gasteiger partial charge in [0.05, 0.1) is 19.1 Å². The van der Waals surface area contributed by atoms with Crippen molar-refractivity contribution in [3.63, 3.8) is 0 Å². The molecule has 3 N–H and O–H groups in total. The monoisotopic (exact) mass is 456 g/mol. The normalized spacial score (nSPS) is 14.0. The summed E-state index contributed by atoms with van der Waals surface area (Å²) in [5, 5.41) is 21.4. The Balaban J connectivity index is 1.65. The molecule has 0 aliphatic heterocycles. The summed E-state index contributed by atoms with van der Waals surface area (Å²) in [4.78, 5) is 37.6. The third-order valence-corrected chi connectivity index (χ3v) is 5.53. The van der Waals surface area contributed by atoms with Gasteiger partial charge in [0.1, 0.15) is 12.6 Å². The number of carboxylic acid groups (broad SMARTS) is 1. The van der Waals surface area contributed by atoms with Crippen LogP contribution < -0.4 is 5.32 Å². The van der Waals surface area contributed by atoms with Crippen molar-refractivity contribution in [2.45, 2.75) is 24.5 Å². The number of nitrogens with zero attached hydrogens (tertiary/aromatic N) is 1. The molecule has 1 aliphatic rings. The molecular weight excluding hydrogens is 428 g/mol. The van der Waals surface area contributed by atoms with Gasteiger partial charge in [0.25, 0.3) is 0 Å². The number of ether oxygens (including phenoxy) is 2. The van der Waals surface area contributed by atoms with E-state index in [0.717, 1.165) is 27.2 Å². The van der Waals surface area contributed by atoms with Gasteiger partial charge in [-0.3, -0.25) is 9.59 Å². The number of alkyl carbamates (subject to hydrolysis) is 1. The minimum Gasteiger partial charge on any atom is -0.481 e. The lowest BCUT2D eigenvalue weighted by Crippen LogP contribution is -2.50. The van der Waals surface area contributed by atoms with Gasteiger partial charge in [0.2, 0.25) is 5.91 Å². The quantitative estimate of drug-likeness (QED) is 0.498. The minimum atomic E-state index is -1.34. The number of benzene rings is 2. The van der Waals surface area contributed by atoms with Gasteiger partial charge < -0.3 is 29.9 Å². The highest BCUT2D eigenvalue weighted by Crippen LogP contribution is 2.44. The molecule has 0 saturated carbocycles. The van der Waals surface area contributed by atoms with Crippen LogP contribution in [0.15, 0.2) is 48.5 Å². The number of nitrogens with one attached hydrogen (secondary N) is 1. The highest BCUT2D eigenvalue weighted by molar-refractivity contribution is 5.89. The van der Waals surface area contributed by atoms with E-state index >= 15 is 0 Å². The molecule has 2 amide bonds. The van der Waals surface area contributed by atoms with Gasteiger partial charge in [-0.1, -0.05) is 48.5 Å². The molecule has 33 heavy (non-hydrogen) atoms. The zero-order valence-corrected chi connectivity index (χ0v) is 18.6. The molecule has 9 nitrogen and oxygen atoms in total. The van der Waals surface area contributed by atoms with E-state index < -0.39 is 36.5 Å². The predicted octanol–water partition coefficient (Wildman–Crippen LogP) is 1.83. The number of carbonyl (C=O) groups excluding carboxylic acids is 2. The number of likely N-dealkylation sites (N-methyl/N-ethyl adjacent to an activating group) is 1. The highest BCUT2D eigenvalue weighted by atomic mass is 16.5. The molecule has 2 aromatic rings. The summed E-state index contributed by atoms with van der Waals surface area (Å²) in [5.74, 6) is -2.07. The SMILES string of the molecule is COCC(O)CN(C)C(=O)C(CC(=O)O)NC(=O)OCC1c2ccccc2-c2ccccc21. The van der Waals surface area contributed by atoms with Crippen LogP contribution in [0.5, 0.6) is 0 Å². The molecular formula is C24H28N2O7. The number of amides is 2.